The van der Waals surface area contributed by atoms with Crippen molar-refractivity contribution in [3.8, 4) is 0 Å². The minimum absolute atomic E-state index is 0.0828. The number of carbonyl (C=O) groups is 4. The van der Waals surface area contributed by atoms with Crippen LogP contribution in [0.4, 0.5) is 23.2 Å². The quantitative estimate of drug-likeness (QED) is 0.498. The third-order valence-electron chi connectivity index (χ3n) is 5.04. The van der Waals surface area contributed by atoms with Crippen molar-refractivity contribution in [2.75, 3.05) is 38.0 Å². The average molecular weight is 526 g/mol. The summed E-state index contributed by atoms with van der Waals surface area (Å²) in [6, 6.07) is 12.4. The zero-order chi connectivity index (χ0) is 27.6. The Bertz CT molecular complexity index is 1100. The first kappa shape index (κ1) is 29.2. The molecule has 3 rings (SSSR count). The smallest absolute Gasteiger partial charge is 0.475 e. The van der Waals surface area contributed by atoms with Crippen LogP contribution >= 0.6 is 0 Å². The maximum absolute atomic E-state index is 13.3. The lowest BCUT2D eigenvalue weighted by molar-refractivity contribution is -0.192. The third kappa shape index (κ3) is 9.88. The molecule has 3 N–H and O–H groups in total. The largest absolute Gasteiger partial charge is 0.490 e. The number of halogens is 4. The molecule has 0 spiro atoms. The van der Waals surface area contributed by atoms with Gasteiger partial charge in [-0.1, -0.05) is 18.2 Å². The molecule has 1 heterocycles. The predicted octanol–water partition coefficient (Wildman–Crippen LogP) is 2.49. The van der Waals surface area contributed by atoms with Gasteiger partial charge < -0.3 is 25.5 Å². The van der Waals surface area contributed by atoms with Crippen LogP contribution in [-0.4, -0.2) is 77.5 Å². The Balaban J connectivity index is 0.000000604. The lowest BCUT2D eigenvalue weighted by Gasteiger charge is -2.30. The first-order chi connectivity index (χ1) is 17.4. The summed E-state index contributed by atoms with van der Waals surface area (Å²) in [7, 11) is 0. The summed E-state index contributed by atoms with van der Waals surface area (Å²) in [6.07, 6.45) is -5.08. The van der Waals surface area contributed by atoms with Gasteiger partial charge in [0.25, 0.3) is 5.91 Å². The van der Waals surface area contributed by atoms with Crippen molar-refractivity contribution in [2.24, 2.45) is 0 Å². The van der Waals surface area contributed by atoms with Gasteiger partial charge in [0, 0.05) is 50.9 Å². The highest BCUT2D eigenvalue weighted by atomic mass is 19.4. The van der Waals surface area contributed by atoms with Crippen LogP contribution in [0.5, 0.6) is 0 Å². The molecule has 0 aliphatic carbocycles. The first-order valence-electron chi connectivity index (χ1n) is 11.1. The molecule has 2 aromatic rings. The van der Waals surface area contributed by atoms with E-state index in [-0.39, 0.29) is 36.6 Å². The van der Waals surface area contributed by atoms with Gasteiger partial charge in [0.2, 0.25) is 11.8 Å². The van der Waals surface area contributed by atoms with Gasteiger partial charge in [-0.2, -0.15) is 13.2 Å². The Labute approximate surface area is 210 Å². The second-order valence-electron chi connectivity index (χ2n) is 7.98. The normalized spacial score (nSPS) is 13.2. The van der Waals surface area contributed by atoms with E-state index in [1.807, 2.05) is 0 Å². The van der Waals surface area contributed by atoms with Crippen molar-refractivity contribution in [1.29, 1.82) is 0 Å². The molecule has 0 saturated carbocycles. The Kier molecular flexibility index (Phi) is 10.5. The highest BCUT2D eigenvalue weighted by Crippen LogP contribution is 2.16. The fourth-order valence-electron chi connectivity index (χ4n) is 3.30. The number of aliphatic carboxylic acids is 1. The molecule has 0 radical (unpaired) electrons. The molecule has 1 aliphatic heterocycles. The molecule has 9 nitrogen and oxygen atoms in total. The minimum atomic E-state index is -5.08. The zero-order valence-electron chi connectivity index (χ0n) is 19.8. The summed E-state index contributed by atoms with van der Waals surface area (Å²) in [5.41, 5.74) is 1.58. The second-order valence-corrected chi connectivity index (χ2v) is 7.98. The molecule has 1 aliphatic rings. The standard InChI is InChI=1S/C22H25FN4O3.C2HF3O2/c1-16(28)25-20-4-2-3-18(13-20)22(30)27(14-17-5-7-19(23)8-6-17)15-21(29)26-11-9-24-10-12-26;3-2(4,5)1(6)7/h2-8,13,24H,9-12,14-15H2,1H3,(H,25,28);(H,6,7). The number of anilines is 1. The number of carboxylic acids is 1. The molecule has 2 aromatic carbocycles. The van der Waals surface area contributed by atoms with Gasteiger partial charge in [-0.15, -0.1) is 0 Å². The van der Waals surface area contributed by atoms with E-state index in [2.05, 4.69) is 10.6 Å². The maximum atomic E-state index is 13.3. The fraction of sp³-hybridized carbons (Fsp3) is 0.333. The Hall–Kier alpha value is -4.00. The molecular formula is C24H26F4N4O5. The lowest BCUT2D eigenvalue weighted by Crippen LogP contribution is -2.50. The van der Waals surface area contributed by atoms with Crippen LogP contribution in [-0.2, 0) is 20.9 Å². The van der Waals surface area contributed by atoms with E-state index in [0.717, 1.165) is 18.7 Å². The number of rotatable bonds is 6. The van der Waals surface area contributed by atoms with E-state index >= 15 is 0 Å². The van der Waals surface area contributed by atoms with Crippen molar-refractivity contribution in [3.05, 3.63) is 65.5 Å². The predicted molar refractivity (Wildman–Crippen MR) is 125 cm³/mol. The van der Waals surface area contributed by atoms with E-state index in [1.54, 1.807) is 41.3 Å². The monoisotopic (exact) mass is 526 g/mol. The van der Waals surface area contributed by atoms with Gasteiger partial charge >= 0.3 is 12.1 Å². The molecule has 37 heavy (non-hydrogen) atoms. The highest BCUT2D eigenvalue weighted by Gasteiger charge is 2.38. The fourth-order valence-corrected chi connectivity index (χ4v) is 3.30. The Morgan fingerprint density at radius 1 is 1.05 bits per heavy atom. The van der Waals surface area contributed by atoms with Gasteiger partial charge in [-0.25, -0.2) is 9.18 Å². The molecule has 1 fully saturated rings. The molecule has 1 saturated heterocycles. The number of alkyl halides is 3. The number of amides is 3. The average Bonchev–Trinajstić information content (AvgIpc) is 2.84. The van der Waals surface area contributed by atoms with E-state index in [0.29, 0.717) is 24.3 Å². The molecule has 0 bridgehead atoms. The summed E-state index contributed by atoms with van der Waals surface area (Å²) in [6.45, 7) is 4.10. The Morgan fingerprint density at radius 3 is 2.19 bits per heavy atom. The van der Waals surface area contributed by atoms with E-state index in [4.69, 9.17) is 9.90 Å². The summed E-state index contributed by atoms with van der Waals surface area (Å²) in [5.74, 6) is -3.83. The molecule has 200 valence electrons. The van der Waals surface area contributed by atoms with Crippen LogP contribution < -0.4 is 10.6 Å². The molecule has 3 amide bonds. The minimum Gasteiger partial charge on any atom is -0.475 e. The van der Waals surface area contributed by atoms with Gasteiger partial charge in [0.1, 0.15) is 12.4 Å². The van der Waals surface area contributed by atoms with E-state index in [1.165, 1.54) is 24.0 Å². The lowest BCUT2D eigenvalue weighted by atomic mass is 10.1. The number of nitrogens with zero attached hydrogens (tertiary/aromatic N) is 2. The van der Waals surface area contributed by atoms with Gasteiger partial charge in [-0.3, -0.25) is 14.4 Å². The number of carbonyl (C=O) groups excluding carboxylic acids is 3. The molecule has 13 heteroatoms. The molecule has 0 atom stereocenters. The van der Waals surface area contributed by atoms with Gasteiger partial charge in [0.05, 0.1) is 0 Å². The third-order valence-corrected chi connectivity index (χ3v) is 5.04. The number of hydrogen-bond donors (Lipinski definition) is 3. The van der Waals surface area contributed by atoms with Crippen LogP contribution in [0.2, 0.25) is 0 Å². The zero-order valence-corrected chi connectivity index (χ0v) is 19.8. The number of hydrogen-bond acceptors (Lipinski definition) is 5. The van der Waals surface area contributed by atoms with Crippen LogP contribution in [0.3, 0.4) is 0 Å². The van der Waals surface area contributed by atoms with Crippen LogP contribution in [0.15, 0.2) is 48.5 Å². The first-order valence-corrected chi connectivity index (χ1v) is 11.1. The van der Waals surface area contributed by atoms with Crippen molar-refractivity contribution in [2.45, 2.75) is 19.6 Å². The number of benzene rings is 2. The Morgan fingerprint density at radius 2 is 1.65 bits per heavy atom. The molecule has 0 unspecified atom stereocenters. The van der Waals surface area contributed by atoms with Crippen LogP contribution in [0.25, 0.3) is 0 Å². The SMILES string of the molecule is CC(=O)Nc1cccc(C(=O)N(CC(=O)N2CCNCC2)Cc2ccc(F)cc2)c1.O=C(O)C(F)(F)F. The number of piperazine rings is 1. The van der Waals surface area contributed by atoms with Crippen molar-refractivity contribution >= 4 is 29.4 Å². The second kappa shape index (κ2) is 13.3. The van der Waals surface area contributed by atoms with Crippen molar-refractivity contribution < 1.29 is 41.8 Å². The van der Waals surface area contributed by atoms with E-state index < -0.39 is 12.1 Å². The van der Waals surface area contributed by atoms with Gasteiger partial charge in [0.15, 0.2) is 0 Å². The number of carboxylic acid groups (broad SMARTS) is 1. The summed E-state index contributed by atoms with van der Waals surface area (Å²) >= 11 is 0. The van der Waals surface area contributed by atoms with Crippen LogP contribution in [0.1, 0.15) is 22.8 Å². The van der Waals surface area contributed by atoms with Crippen LogP contribution in [0, 0.1) is 5.82 Å². The topological polar surface area (TPSA) is 119 Å². The van der Waals surface area contributed by atoms with Gasteiger partial charge in [-0.05, 0) is 35.9 Å². The summed E-state index contributed by atoms with van der Waals surface area (Å²) in [4.78, 5) is 49.4. The van der Waals surface area contributed by atoms with Crippen molar-refractivity contribution in [1.82, 2.24) is 15.1 Å². The maximum Gasteiger partial charge on any atom is 0.490 e. The van der Waals surface area contributed by atoms with E-state index in [9.17, 15) is 31.9 Å². The molecule has 0 aromatic heterocycles. The summed E-state index contributed by atoms with van der Waals surface area (Å²) < 4.78 is 45.0. The highest BCUT2D eigenvalue weighted by molar-refractivity contribution is 5.98. The summed E-state index contributed by atoms with van der Waals surface area (Å²) in [5, 5.41) is 13.0. The molecular weight excluding hydrogens is 500 g/mol. The van der Waals surface area contributed by atoms with Crippen molar-refractivity contribution in [3.63, 3.8) is 0 Å². The number of nitrogens with one attached hydrogen (secondary N) is 2.